The number of hydrogen-bond donors (Lipinski definition) is 2. The number of rotatable bonds is 3. The predicted octanol–water partition coefficient (Wildman–Crippen LogP) is 2.43. The van der Waals surface area contributed by atoms with Gasteiger partial charge in [0.05, 0.1) is 29.3 Å². The molecule has 6 nitrogen and oxygen atoms in total. The number of aliphatic hydroxyl groups excluding tert-OH is 1. The molecule has 3 aliphatic rings. The molecule has 4 heterocycles. The Morgan fingerprint density at radius 3 is 2.72 bits per heavy atom. The van der Waals surface area contributed by atoms with Crippen molar-refractivity contribution in [3.05, 3.63) is 53.7 Å². The summed E-state index contributed by atoms with van der Waals surface area (Å²) in [6.45, 7) is 0. The molecule has 2 aromatic heterocycles. The Balaban J connectivity index is 1.50. The molecule has 2 aliphatic heterocycles. The summed E-state index contributed by atoms with van der Waals surface area (Å²) in [6, 6.07) is 4.34. The summed E-state index contributed by atoms with van der Waals surface area (Å²) in [5.41, 5.74) is -2.52. The zero-order valence-corrected chi connectivity index (χ0v) is 14.8. The van der Waals surface area contributed by atoms with Crippen LogP contribution in [0.25, 0.3) is 0 Å². The quantitative estimate of drug-likeness (QED) is 0.601. The van der Waals surface area contributed by atoms with Gasteiger partial charge in [-0.15, -0.1) is 0 Å². The van der Waals surface area contributed by atoms with Gasteiger partial charge in [0, 0.05) is 24.2 Å². The number of pyridine rings is 2. The number of aromatic nitrogens is 2. The molecule has 5 rings (SSSR count). The van der Waals surface area contributed by atoms with Crippen LogP contribution in [0.15, 0.2) is 36.7 Å². The second kappa shape index (κ2) is 5.73. The van der Waals surface area contributed by atoms with Crippen molar-refractivity contribution in [2.24, 2.45) is 5.41 Å². The molecule has 5 atom stereocenters. The lowest BCUT2D eigenvalue weighted by atomic mass is 9.74. The second-order valence-electron chi connectivity index (χ2n) is 7.72. The Morgan fingerprint density at radius 2 is 2.00 bits per heavy atom. The molecule has 5 unspecified atom stereocenters. The largest absolute Gasteiger partial charge is 0.416 e. The van der Waals surface area contributed by atoms with E-state index in [9.17, 15) is 27.5 Å². The highest BCUT2D eigenvalue weighted by Gasteiger charge is 2.87. The summed E-state index contributed by atoms with van der Waals surface area (Å²) in [4.78, 5) is 20.5. The van der Waals surface area contributed by atoms with Crippen LogP contribution in [0, 0.1) is 11.4 Å². The molecule has 2 bridgehead atoms. The predicted molar refractivity (Wildman–Crippen MR) is 90.1 cm³/mol. The first-order chi connectivity index (χ1) is 13.7. The van der Waals surface area contributed by atoms with Crippen molar-refractivity contribution in [1.82, 2.24) is 9.97 Å². The van der Waals surface area contributed by atoms with Crippen LogP contribution in [0.2, 0.25) is 0 Å². The summed E-state index contributed by atoms with van der Waals surface area (Å²) in [6.07, 6.45) is -3.95. The summed E-state index contributed by atoms with van der Waals surface area (Å²) in [5, 5.41) is 12.8. The third-order valence-electron chi connectivity index (χ3n) is 6.36. The van der Waals surface area contributed by atoms with E-state index < -0.39 is 52.7 Å². The van der Waals surface area contributed by atoms with Gasteiger partial charge in [-0.2, -0.15) is 17.6 Å². The van der Waals surface area contributed by atoms with Gasteiger partial charge in [-0.05, 0) is 36.2 Å². The van der Waals surface area contributed by atoms with E-state index in [2.05, 4.69) is 15.3 Å². The Kier molecular flexibility index (Phi) is 3.64. The summed E-state index contributed by atoms with van der Waals surface area (Å²) < 4.78 is 58.4. The number of nitrogens with zero attached hydrogens (tertiary/aromatic N) is 2. The van der Waals surface area contributed by atoms with E-state index in [1.807, 2.05) is 0 Å². The van der Waals surface area contributed by atoms with E-state index in [1.165, 1.54) is 12.3 Å². The molecule has 0 aromatic carbocycles. The number of hydrogen-bond acceptors (Lipinski definition) is 5. The highest BCUT2D eigenvalue weighted by atomic mass is 19.4. The zero-order valence-electron chi connectivity index (χ0n) is 14.8. The highest BCUT2D eigenvalue weighted by molar-refractivity contribution is 6.00. The first-order valence-corrected chi connectivity index (χ1v) is 8.99. The molecule has 1 saturated carbocycles. The van der Waals surface area contributed by atoms with E-state index in [-0.39, 0.29) is 12.2 Å². The van der Waals surface area contributed by atoms with Gasteiger partial charge in [-0.3, -0.25) is 4.79 Å². The minimum atomic E-state index is -4.57. The number of halogens is 4. The topological polar surface area (TPSA) is 84.3 Å². The van der Waals surface area contributed by atoms with Gasteiger partial charge in [0.2, 0.25) is 11.9 Å². The number of carbonyl (C=O) groups is 1. The number of ether oxygens (including phenoxy) is 1. The molecule has 2 saturated heterocycles. The maximum absolute atomic E-state index is 13.7. The van der Waals surface area contributed by atoms with Crippen molar-refractivity contribution in [3.63, 3.8) is 0 Å². The average molecular weight is 409 g/mol. The van der Waals surface area contributed by atoms with Crippen molar-refractivity contribution in [2.45, 2.75) is 42.7 Å². The first-order valence-electron chi connectivity index (χ1n) is 8.99. The Bertz CT molecular complexity index is 1020. The van der Waals surface area contributed by atoms with Gasteiger partial charge in [0.25, 0.3) is 0 Å². The maximum Gasteiger partial charge on any atom is 0.416 e. The van der Waals surface area contributed by atoms with E-state index in [4.69, 9.17) is 4.74 Å². The minimum Gasteiger partial charge on any atom is -0.390 e. The van der Waals surface area contributed by atoms with Crippen LogP contribution in [0.4, 0.5) is 23.4 Å². The van der Waals surface area contributed by atoms with Crippen LogP contribution < -0.4 is 5.32 Å². The average Bonchev–Trinajstić information content (AvgIpc) is 3.15. The molecular formula is C19H15F4N3O3. The third-order valence-corrected chi connectivity index (χ3v) is 6.36. The summed E-state index contributed by atoms with van der Waals surface area (Å²) in [7, 11) is 0. The molecule has 10 heteroatoms. The van der Waals surface area contributed by atoms with E-state index in [0.29, 0.717) is 12.0 Å². The Hall–Kier alpha value is -2.59. The van der Waals surface area contributed by atoms with Gasteiger partial charge in [-0.25, -0.2) is 9.97 Å². The SMILES string of the molecule is O=C(Nc1cc(C(F)(F)F)ccn1)C12CC1(c1ccnc(F)c1)C1OC2CC1O. The van der Waals surface area contributed by atoms with Crippen molar-refractivity contribution in [2.75, 3.05) is 5.32 Å². The number of fused-ring (bicyclic) bond motifs is 5. The van der Waals surface area contributed by atoms with Crippen LogP contribution in [0.3, 0.4) is 0 Å². The molecule has 1 amide bonds. The fourth-order valence-corrected chi connectivity index (χ4v) is 5.12. The first kappa shape index (κ1) is 18.4. The number of anilines is 1. The molecule has 0 radical (unpaired) electrons. The lowest BCUT2D eigenvalue weighted by Crippen LogP contribution is -2.44. The maximum atomic E-state index is 13.7. The molecule has 1 aliphatic carbocycles. The lowest BCUT2D eigenvalue weighted by Gasteiger charge is -2.29. The monoisotopic (exact) mass is 409 g/mol. The van der Waals surface area contributed by atoms with Gasteiger partial charge < -0.3 is 15.2 Å². The van der Waals surface area contributed by atoms with Crippen molar-refractivity contribution < 1.29 is 32.2 Å². The smallest absolute Gasteiger partial charge is 0.390 e. The van der Waals surface area contributed by atoms with Gasteiger partial charge in [0.15, 0.2) is 0 Å². The molecule has 3 fully saturated rings. The highest BCUT2D eigenvalue weighted by Crippen LogP contribution is 2.77. The second-order valence-corrected chi connectivity index (χ2v) is 7.72. The number of nitrogens with one attached hydrogen (secondary N) is 1. The molecule has 152 valence electrons. The minimum absolute atomic E-state index is 0.226. The standard InChI is InChI=1S/C19H15F4N3O3/c20-13-5-9(1-3-24-13)17-8-18(17,12-7-11(27)15(17)29-12)16(28)26-14-6-10(2-4-25-14)19(21,22)23/h1-6,11-12,15,27H,7-8H2,(H,25,26,28). The molecule has 2 aromatic rings. The van der Waals surface area contributed by atoms with Crippen molar-refractivity contribution in [3.8, 4) is 0 Å². The normalized spacial score (nSPS) is 34.7. The zero-order chi connectivity index (χ0) is 20.6. The van der Waals surface area contributed by atoms with Crippen molar-refractivity contribution in [1.29, 1.82) is 0 Å². The summed E-state index contributed by atoms with van der Waals surface area (Å²) >= 11 is 0. The molecular weight excluding hydrogens is 394 g/mol. The number of alkyl halides is 3. The summed E-state index contributed by atoms with van der Waals surface area (Å²) in [5.74, 6) is -1.51. The Morgan fingerprint density at radius 1 is 1.24 bits per heavy atom. The van der Waals surface area contributed by atoms with Crippen LogP contribution in [-0.2, 0) is 21.1 Å². The fraction of sp³-hybridized carbons (Fsp3) is 0.421. The van der Waals surface area contributed by atoms with Crippen LogP contribution in [-0.4, -0.2) is 39.3 Å². The Labute approximate surface area is 161 Å². The molecule has 2 N–H and O–H groups in total. The number of amides is 1. The molecule has 29 heavy (non-hydrogen) atoms. The van der Waals surface area contributed by atoms with Gasteiger partial charge in [-0.1, -0.05) is 0 Å². The number of aliphatic hydroxyl groups is 1. The van der Waals surface area contributed by atoms with E-state index >= 15 is 0 Å². The van der Waals surface area contributed by atoms with Crippen LogP contribution in [0.5, 0.6) is 0 Å². The van der Waals surface area contributed by atoms with Crippen LogP contribution in [0.1, 0.15) is 24.0 Å². The number of carbonyl (C=O) groups excluding carboxylic acids is 1. The third kappa shape index (κ3) is 2.39. The van der Waals surface area contributed by atoms with Crippen LogP contribution >= 0.6 is 0 Å². The van der Waals surface area contributed by atoms with Crippen molar-refractivity contribution >= 4 is 11.7 Å². The lowest BCUT2D eigenvalue weighted by molar-refractivity contribution is -0.137. The van der Waals surface area contributed by atoms with Gasteiger partial charge in [0.1, 0.15) is 5.82 Å². The van der Waals surface area contributed by atoms with Gasteiger partial charge >= 0.3 is 6.18 Å². The fourth-order valence-electron chi connectivity index (χ4n) is 5.12. The molecule has 0 spiro atoms. The van der Waals surface area contributed by atoms with E-state index in [0.717, 1.165) is 18.3 Å². The van der Waals surface area contributed by atoms with E-state index in [1.54, 1.807) is 6.07 Å².